The molecule has 0 spiro atoms. The number of pyridine rings is 1. The van der Waals surface area contributed by atoms with Gasteiger partial charge in [-0.2, -0.15) is 0 Å². The van der Waals surface area contributed by atoms with E-state index < -0.39 is 10.0 Å². The molecule has 8 nitrogen and oxygen atoms in total. The first-order valence-electron chi connectivity index (χ1n) is 9.01. The first-order valence-corrected chi connectivity index (χ1v) is 10.9. The molecule has 0 radical (unpaired) electrons. The van der Waals surface area contributed by atoms with E-state index in [1.54, 1.807) is 31.2 Å². The fourth-order valence-electron chi connectivity index (χ4n) is 2.87. The molecule has 0 saturated heterocycles. The SMILES string of the molecule is Cc1nnc(-c2cccc(S(=O)(=O)Nc3cc(Cl)ccc3C(=O)c3ccncc3)c2)o1. The average Bonchev–Trinajstić information content (AvgIpc) is 3.20. The van der Waals surface area contributed by atoms with Crippen molar-refractivity contribution in [3.05, 3.63) is 89.0 Å². The fourth-order valence-corrected chi connectivity index (χ4v) is 4.16. The maximum absolute atomic E-state index is 13.1. The predicted octanol–water partition coefficient (Wildman–Crippen LogP) is 4.13. The number of aryl methyl sites for hydroxylation is 1. The van der Waals surface area contributed by atoms with E-state index in [1.165, 1.54) is 42.7 Å². The maximum Gasteiger partial charge on any atom is 0.261 e. The van der Waals surface area contributed by atoms with Crippen molar-refractivity contribution < 1.29 is 17.6 Å². The zero-order valence-electron chi connectivity index (χ0n) is 16.1. The van der Waals surface area contributed by atoms with E-state index in [0.29, 0.717) is 17.0 Å². The molecule has 0 aliphatic heterocycles. The number of ketones is 1. The summed E-state index contributed by atoms with van der Waals surface area (Å²) in [6.45, 7) is 1.64. The number of carbonyl (C=O) groups excluding carboxylic acids is 1. The van der Waals surface area contributed by atoms with Crippen LogP contribution in [0, 0.1) is 6.92 Å². The van der Waals surface area contributed by atoms with Crippen molar-refractivity contribution in [3.8, 4) is 11.5 Å². The number of halogens is 1. The van der Waals surface area contributed by atoms with Gasteiger partial charge in [-0.1, -0.05) is 17.7 Å². The second kappa shape index (κ2) is 8.29. The van der Waals surface area contributed by atoms with E-state index in [1.807, 2.05) is 0 Å². The summed E-state index contributed by atoms with van der Waals surface area (Å²) < 4.78 is 34.0. The minimum absolute atomic E-state index is 0.0388. The van der Waals surface area contributed by atoms with Crippen LogP contribution in [0.1, 0.15) is 21.8 Å². The standard InChI is InChI=1S/C21H15ClN4O4S/c1-13-24-25-21(30-13)15-3-2-4-17(11-15)31(28,29)26-19-12-16(22)5-6-18(19)20(27)14-7-9-23-10-8-14/h2-12,26H,1H3. The molecule has 0 aliphatic carbocycles. The van der Waals surface area contributed by atoms with Crippen LogP contribution < -0.4 is 4.72 Å². The highest BCUT2D eigenvalue weighted by atomic mass is 35.5. The van der Waals surface area contributed by atoms with Crippen LogP contribution in [0.5, 0.6) is 0 Å². The third kappa shape index (κ3) is 4.47. The Morgan fingerprint density at radius 2 is 1.81 bits per heavy atom. The van der Waals surface area contributed by atoms with Crippen LogP contribution in [0.25, 0.3) is 11.5 Å². The van der Waals surface area contributed by atoms with Crippen molar-refractivity contribution in [3.63, 3.8) is 0 Å². The largest absolute Gasteiger partial charge is 0.421 e. The molecular weight excluding hydrogens is 440 g/mol. The van der Waals surface area contributed by atoms with Crippen molar-refractivity contribution in [2.75, 3.05) is 4.72 Å². The molecule has 2 heterocycles. The van der Waals surface area contributed by atoms with Crippen LogP contribution in [0.4, 0.5) is 5.69 Å². The highest BCUT2D eigenvalue weighted by Crippen LogP contribution is 2.28. The zero-order chi connectivity index (χ0) is 22.0. The number of sulfonamides is 1. The van der Waals surface area contributed by atoms with E-state index in [9.17, 15) is 13.2 Å². The molecule has 0 aliphatic rings. The Morgan fingerprint density at radius 1 is 1.03 bits per heavy atom. The van der Waals surface area contributed by atoms with Crippen molar-refractivity contribution in [1.29, 1.82) is 0 Å². The van der Waals surface area contributed by atoms with Crippen LogP contribution in [0.3, 0.4) is 0 Å². The van der Waals surface area contributed by atoms with Gasteiger partial charge in [0, 0.05) is 41.0 Å². The minimum atomic E-state index is -4.06. The number of hydrogen-bond acceptors (Lipinski definition) is 7. The molecule has 2 aromatic carbocycles. The molecule has 0 amide bonds. The van der Waals surface area contributed by atoms with Crippen LogP contribution in [0.15, 0.2) is 76.3 Å². The summed E-state index contributed by atoms with van der Waals surface area (Å²) in [4.78, 5) is 16.8. The predicted molar refractivity (Wildman–Crippen MR) is 114 cm³/mol. The van der Waals surface area contributed by atoms with Gasteiger partial charge in [-0.15, -0.1) is 10.2 Å². The zero-order valence-corrected chi connectivity index (χ0v) is 17.7. The summed E-state index contributed by atoms with van der Waals surface area (Å²) in [7, 11) is -4.06. The number of rotatable bonds is 6. The molecule has 10 heteroatoms. The second-order valence-corrected chi connectivity index (χ2v) is 8.63. The Balaban J connectivity index is 1.71. The molecule has 4 rings (SSSR count). The molecule has 4 aromatic rings. The maximum atomic E-state index is 13.1. The first-order chi connectivity index (χ1) is 14.8. The van der Waals surface area contributed by atoms with Gasteiger partial charge in [0.05, 0.1) is 10.6 Å². The van der Waals surface area contributed by atoms with Gasteiger partial charge in [-0.05, 0) is 48.5 Å². The van der Waals surface area contributed by atoms with Crippen LogP contribution >= 0.6 is 11.6 Å². The summed E-state index contributed by atoms with van der Waals surface area (Å²) in [5.41, 5.74) is 1.03. The molecule has 0 saturated carbocycles. The Labute approximate surface area is 183 Å². The number of anilines is 1. The number of benzene rings is 2. The number of nitrogens with zero attached hydrogens (tertiary/aromatic N) is 3. The van der Waals surface area contributed by atoms with Crippen LogP contribution in [0.2, 0.25) is 5.02 Å². The van der Waals surface area contributed by atoms with E-state index in [0.717, 1.165) is 0 Å². The Bertz CT molecular complexity index is 1370. The van der Waals surface area contributed by atoms with Gasteiger partial charge in [0.25, 0.3) is 10.0 Å². The van der Waals surface area contributed by atoms with Crippen molar-refractivity contribution >= 4 is 33.1 Å². The van der Waals surface area contributed by atoms with Gasteiger partial charge in [0.1, 0.15) is 0 Å². The molecule has 2 aromatic heterocycles. The van der Waals surface area contributed by atoms with Gasteiger partial charge >= 0.3 is 0 Å². The second-order valence-electron chi connectivity index (χ2n) is 6.51. The van der Waals surface area contributed by atoms with E-state index in [-0.39, 0.29) is 32.8 Å². The molecule has 156 valence electrons. The van der Waals surface area contributed by atoms with Gasteiger partial charge in [-0.3, -0.25) is 14.5 Å². The fraction of sp³-hybridized carbons (Fsp3) is 0.0476. The number of carbonyl (C=O) groups is 1. The average molecular weight is 455 g/mol. The van der Waals surface area contributed by atoms with Crippen molar-refractivity contribution in [1.82, 2.24) is 15.2 Å². The molecule has 0 fully saturated rings. The van der Waals surface area contributed by atoms with Crippen LogP contribution in [-0.2, 0) is 10.0 Å². The van der Waals surface area contributed by atoms with E-state index in [4.69, 9.17) is 16.0 Å². The Hall–Kier alpha value is -3.56. The lowest BCUT2D eigenvalue weighted by molar-refractivity contribution is 0.103. The third-order valence-electron chi connectivity index (χ3n) is 4.33. The topological polar surface area (TPSA) is 115 Å². The highest BCUT2D eigenvalue weighted by Gasteiger charge is 2.21. The monoisotopic (exact) mass is 454 g/mol. The molecule has 31 heavy (non-hydrogen) atoms. The summed E-state index contributed by atoms with van der Waals surface area (Å²) in [6, 6.07) is 13.5. The molecule has 0 unspecified atom stereocenters. The summed E-state index contributed by atoms with van der Waals surface area (Å²) >= 11 is 6.07. The lowest BCUT2D eigenvalue weighted by atomic mass is 10.0. The lowest BCUT2D eigenvalue weighted by Crippen LogP contribution is -2.16. The van der Waals surface area contributed by atoms with Gasteiger partial charge in [0.15, 0.2) is 5.78 Å². The Kier molecular flexibility index (Phi) is 5.53. The van der Waals surface area contributed by atoms with Crippen LogP contribution in [-0.4, -0.2) is 29.4 Å². The smallest absolute Gasteiger partial charge is 0.261 e. The van der Waals surface area contributed by atoms with Gasteiger partial charge < -0.3 is 4.42 Å². The van der Waals surface area contributed by atoms with E-state index >= 15 is 0 Å². The van der Waals surface area contributed by atoms with Crippen molar-refractivity contribution in [2.24, 2.45) is 0 Å². The normalized spacial score (nSPS) is 11.3. The lowest BCUT2D eigenvalue weighted by Gasteiger charge is -2.13. The van der Waals surface area contributed by atoms with Crippen molar-refractivity contribution in [2.45, 2.75) is 11.8 Å². The summed E-state index contributed by atoms with van der Waals surface area (Å²) in [5, 5.41) is 7.94. The third-order valence-corrected chi connectivity index (χ3v) is 5.93. The Morgan fingerprint density at radius 3 is 2.52 bits per heavy atom. The highest BCUT2D eigenvalue weighted by molar-refractivity contribution is 7.92. The van der Waals surface area contributed by atoms with Gasteiger partial charge in [-0.25, -0.2) is 8.42 Å². The summed E-state index contributed by atoms with van der Waals surface area (Å²) in [6.07, 6.45) is 2.97. The van der Waals surface area contributed by atoms with E-state index in [2.05, 4.69) is 19.9 Å². The van der Waals surface area contributed by atoms with Gasteiger partial charge in [0.2, 0.25) is 11.8 Å². The summed E-state index contributed by atoms with van der Waals surface area (Å²) in [5.74, 6) is 0.192. The first kappa shape index (κ1) is 20.7. The minimum Gasteiger partial charge on any atom is -0.421 e. The molecule has 1 N–H and O–H groups in total. The molecule has 0 bridgehead atoms. The quantitative estimate of drug-likeness (QED) is 0.435. The molecule has 0 atom stereocenters. The molecular formula is C21H15ClN4O4S. The number of nitrogens with one attached hydrogen (secondary N) is 1. The number of aromatic nitrogens is 3. The number of hydrogen-bond donors (Lipinski definition) is 1.